The summed E-state index contributed by atoms with van der Waals surface area (Å²) in [6.07, 6.45) is 0. The number of rotatable bonds is 3. The number of hydrogen-bond donors (Lipinski definition) is 3. The number of nitrogens with zero attached hydrogens (tertiary/aromatic N) is 1. The number of benzene rings is 1. The predicted molar refractivity (Wildman–Crippen MR) is 78.3 cm³/mol. The normalized spacial score (nSPS) is 20.8. The van der Waals surface area contributed by atoms with Gasteiger partial charge in [-0.15, -0.1) is 0 Å². The van der Waals surface area contributed by atoms with Crippen molar-refractivity contribution in [1.82, 2.24) is 10.2 Å². The molecule has 1 fully saturated rings. The molecule has 2 unspecified atom stereocenters. The summed E-state index contributed by atoms with van der Waals surface area (Å²) in [6, 6.07) is 5.66. The molecule has 0 bridgehead atoms. The van der Waals surface area contributed by atoms with Gasteiger partial charge < -0.3 is 11.1 Å². The van der Waals surface area contributed by atoms with Crippen LogP contribution in [0.25, 0.3) is 0 Å². The number of anilines is 2. The molecule has 0 saturated carbocycles. The van der Waals surface area contributed by atoms with Crippen molar-refractivity contribution in [3.63, 3.8) is 0 Å². The van der Waals surface area contributed by atoms with Crippen LogP contribution in [0.5, 0.6) is 0 Å². The van der Waals surface area contributed by atoms with Crippen molar-refractivity contribution in [2.45, 2.75) is 25.9 Å². The van der Waals surface area contributed by atoms with Crippen LogP contribution in [-0.4, -0.2) is 41.2 Å². The Morgan fingerprint density at radius 2 is 2.19 bits per heavy atom. The number of nitrogen functional groups attached to an aromatic ring is 1. The van der Waals surface area contributed by atoms with E-state index in [4.69, 9.17) is 5.73 Å². The maximum Gasteiger partial charge on any atom is 0.243 e. The number of carbonyl (C=O) groups is 3. The van der Waals surface area contributed by atoms with Crippen molar-refractivity contribution in [1.29, 1.82) is 0 Å². The van der Waals surface area contributed by atoms with Gasteiger partial charge in [0.05, 0.1) is 18.6 Å². The van der Waals surface area contributed by atoms with Crippen LogP contribution < -0.4 is 16.4 Å². The average Bonchev–Trinajstić information content (AvgIpc) is 2.42. The first-order chi connectivity index (χ1) is 9.88. The number of amides is 3. The SMILES string of the molecule is CC1C(=O)NC(=O)CN1C(C)C(=O)Nc1cccc(N)c1. The highest BCUT2D eigenvalue weighted by molar-refractivity contribution is 6.02. The van der Waals surface area contributed by atoms with Gasteiger partial charge in [0.1, 0.15) is 0 Å². The Balaban J connectivity index is 2.08. The van der Waals surface area contributed by atoms with E-state index in [0.29, 0.717) is 11.4 Å². The van der Waals surface area contributed by atoms with Gasteiger partial charge in [0, 0.05) is 11.4 Å². The van der Waals surface area contributed by atoms with Crippen molar-refractivity contribution in [2.24, 2.45) is 0 Å². The number of carbonyl (C=O) groups excluding carboxylic acids is 3. The number of hydrogen-bond acceptors (Lipinski definition) is 5. The highest BCUT2D eigenvalue weighted by Gasteiger charge is 2.35. The third-order valence-electron chi connectivity index (χ3n) is 3.50. The van der Waals surface area contributed by atoms with Gasteiger partial charge in [0.2, 0.25) is 17.7 Å². The van der Waals surface area contributed by atoms with Crippen LogP contribution in [0.2, 0.25) is 0 Å². The van der Waals surface area contributed by atoms with Crippen molar-refractivity contribution in [2.75, 3.05) is 17.6 Å². The van der Waals surface area contributed by atoms with Gasteiger partial charge in [0.25, 0.3) is 0 Å². The second-order valence-corrected chi connectivity index (χ2v) is 5.05. The maximum absolute atomic E-state index is 12.2. The molecule has 2 rings (SSSR count). The van der Waals surface area contributed by atoms with E-state index < -0.39 is 23.9 Å². The van der Waals surface area contributed by atoms with E-state index in [1.54, 1.807) is 43.0 Å². The fourth-order valence-electron chi connectivity index (χ4n) is 2.22. The first-order valence-corrected chi connectivity index (χ1v) is 6.64. The molecule has 2 atom stereocenters. The van der Waals surface area contributed by atoms with Crippen molar-refractivity contribution in [3.8, 4) is 0 Å². The number of nitrogens with two attached hydrogens (primary N) is 1. The van der Waals surface area contributed by atoms with E-state index in [2.05, 4.69) is 10.6 Å². The number of nitrogens with one attached hydrogen (secondary N) is 2. The molecule has 0 aliphatic carbocycles. The van der Waals surface area contributed by atoms with E-state index in [1.165, 1.54) is 0 Å². The summed E-state index contributed by atoms with van der Waals surface area (Å²) < 4.78 is 0. The Morgan fingerprint density at radius 3 is 2.86 bits per heavy atom. The van der Waals surface area contributed by atoms with Gasteiger partial charge >= 0.3 is 0 Å². The molecule has 0 aromatic heterocycles. The Bertz CT molecular complexity index is 587. The predicted octanol–water partition coefficient (Wildman–Crippen LogP) is -0.0573. The molecule has 1 heterocycles. The lowest BCUT2D eigenvalue weighted by Crippen LogP contribution is -2.61. The van der Waals surface area contributed by atoms with Crippen molar-refractivity contribution < 1.29 is 14.4 Å². The molecule has 3 amide bonds. The zero-order valence-electron chi connectivity index (χ0n) is 11.9. The van der Waals surface area contributed by atoms with Crippen LogP contribution in [0.3, 0.4) is 0 Å². The maximum atomic E-state index is 12.2. The quantitative estimate of drug-likeness (QED) is 0.534. The lowest BCUT2D eigenvalue weighted by Gasteiger charge is -2.35. The molecule has 1 aromatic carbocycles. The van der Waals surface area contributed by atoms with Crippen LogP contribution in [0, 0.1) is 0 Å². The van der Waals surface area contributed by atoms with Crippen LogP contribution in [0.4, 0.5) is 11.4 Å². The smallest absolute Gasteiger partial charge is 0.243 e. The topological polar surface area (TPSA) is 105 Å². The molecule has 21 heavy (non-hydrogen) atoms. The van der Waals surface area contributed by atoms with Crippen molar-refractivity contribution >= 4 is 29.1 Å². The summed E-state index contributed by atoms with van der Waals surface area (Å²) >= 11 is 0. The summed E-state index contributed by atoms with van der Waals surface area (Å²) in [5, 5.41) is 4.97. The zero-order chi connectivity index (χ0) is 15.6. The molecule has 4 N–H and O–H groups in total. The molecule has 1 aromatic rings. The molecule has 1 saturated heterocycles. The standard InChI is InChI=1S/C14H18N4O3/c1-8(18-7-12(19)17-14(21)9(18)2)13(20)16-11-5-3-4-10(15)6-11/h3-6,8-9H,7,15H2,1-2H3,(H,16,20)(H,17,19,21). The zero-order valence-corrected chi connectivity index (χ0v) is 11.9. The minimum Gasteiger partial charge on any atom is -0.399 e. The molecule has 7 nitrogen and oxygen atoms in total. The molecular weight excluding hydrogens is 272 g/mol. The molecular formula is C14H18N4O3. The molecule has 0 radical (unpaired) electrons. The minimum absolute atomic E-state index is 0.0123. The minimum atomic E-state index is -0.614. The van der Waals surface area contributed by atoms with Crippen LogP contribution in [0.15, 0.2) is 24.3 Å². The largest absolute Gasteiger partial charge is 0.399 e. The average molecular weight is 290 g/mol. The number of piperazine rings is 1. The summed E-state index contributed by atoms with van der Waals surface area (Å²) in [7, 11) is 0. The van der Waals surface area contributed by atoms with E-state index in [9.17, 15) is 14.4 Å². The first kappa shape index (κ1) is 15.0. The summed E-state index contributed by atoms with van der Waals surface area (Å²) in [6.45, 7) is 3.33. The fourth-order valence-corrected chi connectivity index (χ4v) is 2.22. The van der Waals surface area contributed by atoms with Crippen LogP contribution in [0.1, 0.15) is 13.8 Å². The van der Waals surface area contributed by atoms with Gasteiger partial charge in [-0.3, -0.25) is 24.6 Å². The van der Waals surface area contributed by atoms with E-state index in [0.717, 1.165) is 0 Å². The van der Waals surface area contributed by atoms with Gasteiger partial charge in [-0.25, -0.2) is 0 Å². The van der Waals surface area contributed by atoms with E-state index >= 15 is 0 Å². The summed E-state index contributed by atoms with van der Waals surface area (Å²) in [5.41, 5.74) is 6.77. The highest BCUT2D eigenvalue weighted by atomic mass is 16.2. The van der Waals surface area contributed by atoms with Gasteiger partial charge in [0.15, 0.2) is 0 Å². The highest BCUT2D eigenvalue weighted by Crippen LogP contribution is 2.15. The van der Waals surface area contributed by atoms with E-state index in [1.807, 2.05) is 0 Å². The molecule has 1 aliphatic heterocycles. The molecule has 1 aliphatic rings. The molecule has 0 spiro atoms. The third kappa shape index (κ3) is 3.38. The first-order valence-electron chi connectivity index (χ1n) is 6.64. The Kier molecular flexibility index (Phi) is 4.23. The summed E-state index contributed by atoms with van der Waals surface area (Å²) in [5.74, 6) is -1.09. The monoisotopic (exact) mass is 290 g/mol. The lowest BCUT2D eigenvalue weighted by molar-refractivity contribution is -0.142. The van der Waals surface area contributed by atoms with E-state index in [-0.39, 0.29) is 12.5 Å². The molecule has 7 heteroatoms. The fraction of sp³-hybridized carbons (Fsp3) is 0.357. The Labute approximate surface area is 122 Å². The number of imide groups is 1. The second-order valence-electron chi connectivity index (χ2n) is 5.05. The van der Waals surface area contributed by atoms with Gasteiger partial charge in [-0.05, 0) is 32.0 Å². The third-order valence-corrected chi connectivity index (χ3v) is 3.50. The van der Waals surface area contributed by atoms with Crippen molar-refractivity contribution in [3.05, 3.63) is 24.3 Å². The molecule has 112 valence electrons. The van der Waals surface area contributed by atoms with Gasteiger partial charge in [-0.2, -0.15) is 0 Å². The van der Waals surface area contributed by atoms with Gasteiger partial charge in [-0.1, -0.05) is 6.07 Å². The Morgan fingerprint density at radius 1 is 1.48 bits per heavy atom. The summed E-state index contributed by atoms with van der Waals surface area (Å²) in [4.78, 5) is 36.9. The van der Waals surface area contributed by atoms with Crippen LogP contribution >= 0.6 is 0 Å². The van der Waals surface area contributed by atoms with Crippen LogP contribution in [-0.2, 0) is 14.4 Å². The second kappa shape index (κ2) is 5.92. The Hall–Kier alpha value is -2.41. The lowest BCUT2D eigenvalue weighted by atomic mass is 10.1.